The normalized spacial score (nSPS) is 44.3. The fraction of sp³-hybridized carbons (Fsp3) is 1.00. The first-order valence-electron chi connectivity index (χ1n) is 5.62. The lowest BCUT2D eigenvalue weighted by atomic mass is 9.71. The lowest BCUT2D eigenvalue weighted by molar-refractivity contribution is 0.0215. The molecular formula is C11H21NO. The maximum Gasteiger partial charge on any atom is 0.0693 e. The first-order valence-corrected chi connectivity index (χ1v) is 5.62. The van der Waals surface area contributed by atoms with Crippen LogP contribution in [0.25, 0.3) is 0 Å². The minimum atomic E-state index is -0.0617. The van der Waals surface area contributed by atoms with Gasteiger partial charge < -0.3 is 10.4 Å². The highest BCUT2D eigenvalue weighted by atomic mass is 16.3. The zero-order chi connectivity index (χ0) is 9.42. The van der Waals surface area contributed by atoms with E-state index in [-0.39, 0.29) is 6.10 Å². The molecule has 0 saturated heterocycles. The summed E-state index contributed by atoms with van der Waals surface area (Å²) < 4.78 is 0. The molecule has 2 heteroatoms. The van der Waals surface area contributed by atoms with E-state index in [1.807, 2.05) is 0 Å². The zero-order valence-corrected chi connectivity index (χ0v) is 8.66. The van der Waals surface area contributed by atoms with Gasteiger partial charge in [0.25, 0.3) is 0 Å². The second-order valence-electron chi connectivity index (χ2n) is 5.01. The molecule has 0 heterocycles. The van der Waals surface area contributed by atoms with Gasteiger partial charge in [-0.15, -0.1) is 0 Å². The van der Waals surface area contributed by atoms with E-state index in [4.69, 9.17) is 0 Å². The van der Waals surface area contributed by atoms with Crippen LogP contribution >= 0.6 is 0 Å². The molecule has 2 aliphatic carbocycles. The summed E-state index contributed by atoms with van der Waals surface area (Å²) in [5, 5.41) is 13.0. The van der Waals surface area contributed by atoms with Gasteiger partial charge in [-0.2, -0.15) is 0 Å². The van der Waals surface area contributed by atoms with Crippen LogP contribution in [0.2, 0.25) is 0 Å². The molecule has 0 aromatic heterocycles. The molecule has 2 saturated carbocycles. The zero-order valence-electron chi connectivity index (χ0n) is 8.66. The molecule has 13 heavy (non-hydrogen) atoms. The van der Waals surface area contributed by atoms with Crippen LogP contribution in [-0.4, -0.2) is 23.3 Å². The van der Waals surface area contributed by atoms with Crippen molar-refractivity contribution in [1.82, 2.24) is 5.32 Å². The lowest BCUT2D eigenvalue weighted by Crippen LogP contribution is -2.57. The Kier molecular flexibility index (Phi) is 2.61. The summed E-state index contributed by atoms with van der Waals surface area (Å²) in [6.45, 7) is 4.60. The maximum absolute atomic E-state index is 9.44. The van der Waals surface area contributed by atoms with Crippen LogP contribution in [0.4, 0.5) is 0 Å². The summed E-state index contributed by atoms with van der Waals surface area (Å²) >= 11 is 0. The van der Waals surface area contributed by atoms with Crippen LogP contribution in [0.5, 0.6) is 0 Å². The maximum atomic E-state index is 9.44. The number of hydrogen-bond donors (Lipinski definition) is 2. The second kappa shape index (κ2) is 3.58. The van der Waals surface area contributed by atoms with E-state index in [2.05, 4.69) is 19.2 Å². The Bertz CT molecular complexity index is 181. The van der Waals surface area contributed by atoms with Gasteiger partial charge in [-0.1, -0.05) is 13.8 Å². The van der Waals surface area contributed by atoms with E-state index in [0.717, 1.165) is 18.3 Å². The summed E-state index contributed by atoms with van der Waals surface area (Å²) in [7, 11) is 0. The van der Waals surface area contributed by atoms with Gasteiger partial charge in [-0.3, -0.25) is 0 Å². The molecule has 4 atom stereocenters. The monoisotopic (exact) mass is 183 g/mol. The summed E-state index contributed by atoms with van der Waals surface area (Å²) in [4.78, 5) is 0. The van der Waals surface area contributed by atoms with Gasteiger partial charge >= 0.3 is 0 Å². The molecular weight excluding hydrogens is 162 g/mol. The molecule has 76 valence electrons. The predicted molar refractivity (Wildman–Crippen MR) is 53.5 cm³/mol. The summed E-state index contributed by atoms with van der Waals surface area (Å²) in [5.74, 6) is 1.65. The number of rotatable bonds is 3. The first kappa shape index (κ1) is 9.47. The van der Waals surface area contributed by atoms with Crippen LogP contribution in [-0.2, 0) is 0 Å². The van der Waals surface area contributed by atoms with Crippen molar-refractivity contribution in [3.05, 3.63) is 0 Å². The van der Waals surface area contributed by atoms with Crippen LogP contribution in [0.3, 0.4) is 0 Å². The molecule has 2 fully saturated rings. The molecule has 0 amide bonds. The molecule has 0 aromatic rings. The SMILES string of the molecule is CC(C)C1CCC1N[C@@H]1CC[C@H]1O. The Morgan fingerprint density at radius 3 is 2.08 bits per heavy atom. The fourth-order valence-electron chi connectivity index (χ4n) is 2.48. The fourth-order valence-corrected chi connectivity index (χ4v) is 2.48. The van der Waals surface area contributed by atoms with Crippen LogP contribution < -0.4 is 5.32 Å². The molecule has 0 spiro atoms. The average Bonchev–Trinajstić information content (AvgIpc) is 1.99. The Hall–Kier alpha value is -0.0800. The van der Waals surface area contributed by atoms with Gasteiger partial charge in [-0.25, -0.2) is 0 Å². The molecule has 2 aliphatic rings. The highest BCUT2D eigenvalue weighted by Gasteiger charge is 2.38. The van der Waals surface area contributed by atoms with Gasteiger partial charge in [0.05, 0.1) is 6.10 Å². The Morgan fingerprint density at radius 1 is 1.08 bits per heavy atom. The van der Waals surface area contributed by atoms with E-state index in [9.17, 15) is 5.11 Å². The van der Waals surface area contributed by atoms with Crippen molar-refractivity contribution in [3.63, 3.8) is 0 Å². The van der Waals surface area contributed by atoms with Gasteiger partial charge in [0.2, 0.25) is 0 Å². The average molecular weight is 183 g/mol. The summed E-state index contributed by atoms with van der Waals surface area (Å²) in [5.41, 5.74) is 0. The topological polar surface area (TPSA) is 32.3 Å². The number of aliphatic hydroxyl groups excluding tert-OH is 1. The van der Waals surface area contributed by atoms with Crippen molar-refractivity contribution in [2.45, 2.75) is 57.7 Å². The highest BCUT2D eigenvalue weighted by Crippen LogP contribution is 2.35. The van der Waals surface area contributed by atoms with Crippen LogP contribution in [0.15, 0.2) is 0 Å². The van der Waals surface area contributed by atoms with Gasteiger partial charge in [0, 0.05) is 12.1 Å². The van der Waals surface area contributed by atoms with Crippen molar-refractivity contribution in [2.75, 3.05) is 0 Å². The number of aliphatic hydroxyl groups is 1. The van der Waals surface area contributed by atoms with Crippen molar-refractivity contribution in [2.24, 2.45) is 11.8 Å². The second-order valence-corrected chi connectivity index (χ2v) is 5.01. The van der Waals surface area contributed by atoms with Crippen molar-refractivity contribution in [3.8, 4) is 0 Å². The molecule has 2 rings (SSSR count). The van der Waals surface area contributed by atoms with Crippen LogP contribution in [0, 0.1) is 11.8 Å². The number of nitrogens with one attached hydrogen (secondary N) is 1. The molecule has 0 bridgehead atoms. The summed E-state index contributed by atoms with van der Waals surface area (Å²) in [6, 6.07) is 1.10. The Morgan fingerprint density at radius 2 is 1.77 bits per heavy atom. The van der Waals surface area contributed by atoms with Crippen molar-refractivity contribution < 1.29 is 5.11 Å². The van der Waals surface area contributed by atoms with Gasteiger partial charge in [0.1, 0.15) is 0 Å². The quantitative estimate of drug-likeness (QED) is 0.695. The van der Waals surface area contributed by atoms with Crippen molar-refractivity contribution >= 4 is 0 Å². The standard InChI is InChI=1S/C11H21NO/c1-7(2)8-3-4-9(8)12-10-5-6-11(10)13/h7-13H,3-6H2,1-2H3/t8?,9?,10-,11-/m1/s1. The minimum Gasteiger partial charge on any atom is -0.392 e. The van der Waals surface area contributed by atoms with E-state index in [1.165, 1.54) is 19.3 Å². The van der Waals surface area contributed by atoms with E-state index < -0.39 is 0 Å². The molecule has 2 unspecified atom stereocenters. The third kappa shape index (κ3) is 1.75. The highest BCUT2D eigenvalue weighted by molar-refractivity contribution is 4.95. The molecule has 0 radical (unpaired) electrons. The molecule has 2 N–H and O–H groups in total. The van der Waals surface area contributed by atoms with E-state index >= 15 is 0 Å². The lowest BCUT2D eigenvalue weighted by Gasteiger charge is -2.45. The first-order chi connectivity index (χ1) is 6.18. The minimum absolute atomic E-state index is 0.0617. The van der Waals surface area contributed by atoms with Crippen LogP contribution in [0.1, 0.15) is 39.5 Å². The Balaban J connectivity index is 1.76. The van der Waals surface area contributed by atoms with E-state index in [1.54, 1.807) is 0 Å². The van der Waals surface area contributed by atoms with E-state index in [0.29, 0.717) is 12.1 Å². The summed E-state index contributed by atoms with van der Waals surface area (Å²) in [6.07, 6.45) is 4.79. The predicted octanol–water partition coefficient (Wildman–Crippen LogP) is 1.53. The van der Waals surface area contributed by atoms with Gasteiger partial charge in [0.15, 0.2) is 0 Å². The molecule has 0 aromatic carbocycles. The van der Waals surface area contributed by atoms with Crippen molar-refractivity contribution in [1.29, 1.82) is 0 Å². The third-order valence-electron chi connectivity index (χ3n) is 3.85. The molecule has 2 nitrogen and oxygen atoms in total. The third-order valence-corrected chi connectivity index (χ3v) is 3.85. The van der Waals surface area contributed by atoms with Gasteiger partial charge in [-0.05, 0) is 37.5 Å². The molecule has 0 aliphatic heterocycles. The Labute approximate surface area is 80.7 Å². The largest absolute Gasteiger partial charge is 0.392 e. The number of hydrogen-bond acceptors (Lipinski definition) is 2. The smallest absolute Gasteiger partial charge is 0.0693 e.